The summed E-state index contributed by atoms with van der Waals surface area (Å²) in [6.07, 6.45) is 51.4. The van der Waals surface area contributed by atoms with Crippen molar-refractivity contribution >= 4 is 13.7 Å². The highest BCUT2D eigenvalue weighted by molar-refractivity contribution is 7.45. The van der Waals surface area contributed by atoms with Crippen LogP contribution in [0.2, 0.25) is 0 Å². The average Bonchev–Trinajstić information content (AvgIpc) is 3.16. The number of hydrogen-bond donors (Lipinski definition) is 2. The summed E-state index contributed by atoms with van der Waals surface area (Å²) in [7, 11) is 1.22. The van der Waals surface area contributed by atoms with Crippen molar-refractivity contribution in [2.75, 3.05) is 40.9 Å². The molecular formula is C48H89N2O6P. The van der Waals surface area contributed by atoms with E-state index in [4.69, 9.17) is 9.05 Å². The Balaban J connectivity index is 4.46. The molecule has 0 aromatic carbocycles. The molecule has 0 heterocycles. The van der Waals surface area contributed by atoms with Crippen molar-refractivity contribution < 1.29 is 32.9 Å². The number of nitrogens with zero attached hydrogens (tertiary/aromatic N) is 1. The number of unbranched alkanes of at least 4 members (excludes halogenated alkanes) is 20. The summed E-state index contributed by atoms with van der Waals surface area (Å²) < 4.78 is 23.2. The summed E-state index contributed by atoms with van der Waals surface area (Å²) in [5.74, 6) is -0.229. The van der Waals surface area contributed by atoms with Crippen LogP contribution < -0.4 is 10.2 Å². The Hall–Kier alpha value is -1.80. The van der Waals surface area contributed by atoms with Gasteiger partial charge in [0, 0.05) is 6.42 Å². The predicted molar refractivity (Wildman–Crippen MR) is 242 cm³/mol. The van der Waals surface area contributed by atoms with Crippen molar-refractivity contribution in [3.63, 3.8) is 0 Å². The Morgan fingerprint density at radius 3 is 1.60 bits per heavy atom. The molecule has 3 unspecified atom stereocenters. The lowest BCUT2D eigenvalue weighted by atomic mass is 10.0. The normalized spacial score (nSPS) is 14.9. The van der Waals surface area contributed by atoms with Gasteiger partial charge in [0.05, 0.1) is 39.9 Å². The molecule has 9 heteroatoms. The topological polar surface area (TPSA) is 108 Å². The molecule has 3 atom stereocenters. The lowest BCUT2D eigenvalue weighted by molar-refractivity contribution is -0.870. The minimum absolute atomic E-state index is 0.0142. The number of aliphatic hydroxyl groups is 1. The summed E-state index contributed by atoms with van der Waals surface area (Å²) in [6.45, 7) is 4.53. The second-order valence-electron chi connectivity index (χ2n) is 16.7. The molecule has 0 aromatic rings. The van der Waals surface area contributed by atoms with E-state index in [1.54, 1.807) is 6.08 Å². The third kappa shape index (κ3) is 42.1. The Morgan fingerprint density at radius 2 is 1.07 bits per heavy atom. The van der Waals surface area contributed by atoms with Crippen molar-refractivity contribution in [2.45, 2.75) is 199 Å². The van der Waals surface area contributed by atoms with Crippen molar-refractivity contribution in [3.05, 3.63) is 60.8 Å². The van der Waals surface area contributed by atoms with Gasteiger partial charge in [-0.15, -0.1) is 0 Å². The molecule has 0 saturated carbocycles. The molecule has 0 aliphatic rings. The largest absolute Gasteiger partial charge is 0.756 e. The maximum absolute atomic E-state index is 12.8. The number of nitrogens with one attached hydrogen (secondary N) is 1. The first kappa shape index (κ1) is 55.2. The van der Waals surface area contributed by atoms with Gasteiger partial charge >= 0.3 is 0 Å². The van der Waals surface area contributed by atoms with E-state index in [1.807, 2.05) is 27.2 Å². The zero-order valence-electron chi connectivity index (χ0n) is 37.5. The van der Waals surface area contributed by atoms with Crippen molar-refractivity contribution in [1.29, 1.82) is 0 Å². The van der Waals surface area contributed by atoms with Gasteiger partial charge in [0.2, 0.25) is 5.91 Å². The number of carbonyl (C=O) groups is 1. The van der Waals surface area contributed by atoms with E-state index in [2.05, 4.69) is 67.8 Å². The van der Waals surface area contributed by atoms with E-state index in [9.17, 15) is 19.4 Å². The Labute approximate surface area is 351 Å². The van der Waals surface area contributed by atoms with Crippen molar-refractivity contribution in [1.82, 2.24) is 5.32 Å². The third-order valence-electron chi connectivity index (χ3n) is 9.91. The quantitative estimate of drug-likeness (QED) is 0.0275. The second-order valence-corrected chi connectivity index (χ2v) is 18.1. The van der Waals surface area contributed by atoms with E-state index >= 15 is 0 Å². The molecule has 0 fully saturated rings. The summed E-state index contributed by atoms with van der Waals surface area (Å²) in [5.41, 5.74) is 0. The fourth-order valence-corrected chi connectivity index (χ4v) is 6.94. The number of rotatable bonds is 41. The number of phosphoric acid groups is 1. The van der Waals surface area contributed by atoms with Crippen LogP contribution in [0.15, 0.2) is 60.8 Å². The highest BCUT2D eigenvalue weighted by Gasteiger charge is 2.23. The van der Waals surface area contributed by atoms with Crippen molar-refractivity contribution in [2.24, 2.45) is 0 Å². The first-order valence-corrected chi connectivity index (χ1v) is 24.6. The van der Waals surface area contributed by atoms with Gasteiger partial charge < -0.3 is 28.8 Å². The highest BCUT2D eigenvalue weighted by atomic mass is 31.2. The van der Waals surface area contributed by atoms with Crippen LogP contribution in [0.3, 0.4) is 0 Å². The van der Waals surface area contributed by atoms with Crippen LogP contribution in [0, 0.1) is 0 Å². The maximum atomic E-state index is 12.8. The Kier molecular flexibility index (Phi) is 38.4. The molecule has 0 aliphatic heterocycles. The molecule has 0 rings (SSSR count). The molecule has 332 valence electrons. The monoisotopic (exact) mass is 821 g/mol. The van der Waals surface area contributed by atoms with Gasteiger partial charge in [-0.1, -0.05) is 171 Å². The van der Waals surface area contributed by atoms with Gasteiger partial charge in [0.15, 0.2) is 0 Å². The second kappa shape index (κ2) is 39.6. The van der Waals surface area contributed by atoms with E-state index in [1.165, 1.54) is 89.9 Å². The average molecular weight is 821 g/mol. The number of allylic oxidation sites excluding steroid dienone is 9. The van der Waals surface area contributed by atoms with E-state index in [-0.39, 0.29) is 12.5 Å². The first-order chi connectivity index (χ1) is 27.5. The molecule has 0 aliphatic carbocycles. The minimum Gasteiger partial charge on any atom is -0.756 e. The number of hydrogen-bond acceptors (Lipinski definition) is 6. The van der Waals surface area contributed by atoms with Gasteiger partial charge in [0.1, 0.15) is 13.2 Å². The van der Waals surface area contributed by atoms with Gasteiger partial charge in [-0.05, 0) is 70.6 Å². The summed E-state index contributed by atoms with van der Waals surface area (Å²) >= 11 is 0. The SMILES string of the molecule is CCC/C=C\C/C=C\CCCCCCCC(=O)NC(COP(=O)([O-])OCC[N+](C)(C)C)C(O)/C=C/CC/C=C/CC/C=C/CCCCCCCCCCCCCC. The molecule has 0 spiro atoms. The predicted octanol–water partition coefficient (Wildman–Crippen LogP) is 12.4. The maximum Gasteiger partial charge on any atom is 0.268 e. The van der Waals surface area contributed by atoms with E-state index in [0.717, 1.165) is 77.0 Å². The molecule has 0 saturated heterocycles. The lowest BCUT2D eigenvalue weighted by Crippen LogP contribution is -2.45. The van der Waals surface area contributed by atoms with Crippen LogP contribution in [0.5, 0.6) is 0 Å². The van der Waals surface area contributed by atoms with Gasteiger partial charge in [-0.2, -0.15) is 0 Å². The lowest BCUT2D eigenvalue weighted by Gasteiger charge is -2.29. The van der Waals surface area contributed by atoms with Crippen LogP contribution >= 0.6 is 7.82 Å². The molecular weight excluding hydrogens is 732 g/mol. The van der Waals surface area contributed by atoms with Gasteiger partial charge in [0.25, 0.3) is 7.82 Å². The van der Waals surface area contributed by atoms with Gasteiger partial charge in [-0.3, -0.25) is 9.36 Å². The van der Waals surface area contributed by atoms with Crippen LogP contribution in [0.1, 0.15) is 187 Å². The molecule has 0 bridgehead atoms. The Morgan fingerprint density at radius 1 is 0.614 bits per heavy atom. The molecule has 8 nitrogen and oxygen atoms in total. The van der Waals surface area contributed by atoms with Crippen LogP contribution in [-0.2, 0) is 18.4 Å². The number of quaternary nitrogens is 1. The number of likely N-dealkylation sites (N-methyl/N-ethyl adjacent to an activating group) is 1. The van der Waals surface area contributed by atoms with Crippen LogP contribution in [0.25, 0.3) is 0 Å². The van der Waals surface area contributed by atoms with Crippen LogP contribution in [0.4, 0.5) is 0 Å². The number of amides is 1. The van der Waals surface area contributed by atoms with E-state index < -0.39 is 26.6 Å². The van der Waals surface area contributed by atoms with E-state index in [0.29, 0.717) is 17.4 Å². The number of phosphoric ester groups is 1. The first-order valence-electron chi connectivity index (χ1n) is 23.2. The smallest absolute Gasteiger partial charge is 0.268 e. The standard InChI is InChI=1S/C48H89N2O6P/c1-6-8-10-12-14-16-18-20-21-22-23-24-25-26-27-28-30-31-33-35-37-39-41-47(51)46(45-56-57(53,54)55-44-43-50(3,4)5)49-48(52)42-40-38-36-34-32-29-19-17-15-13-11-9-7-2/h11,13,17,19,26-27,31,33,39,41,46-47,51H,6-10,12,14-16,18,20-25,28-30,32,34-38,40,42-45H2,1-5H3,(H-,49,52,53,54)/b13-11-,19-17-,27-26+,33-31+,41-39+. The third-order valence-corrected chi connectivity index (χ3v) is 10.9. The molecule has 0 radical (unpaired) electrons. The summed E-state index contributed by atoms with van der Waals surface area (Å²) in [5, 5.41) is 13.7. The van der Waals surface area contributed by atoms with Crippen molar-refractivity contribution in [3.8, 4) is 0 Å². The zero-order chi connectivity index (χ0) is 42.1. The molecule has 0 aromatic heterocycles. The van der Waals surface area contributed by atoms with Gasteiger partial charge in [-0.25, -0.2) is 0 Å². The van der Waals surface area contributed by atoms with Crippen LogP contribution in [-0.4, -0.2) is 68.5 Å². The molecule has 1 amide bonds. The fourth-order valence-electron chi connectivity index (χ4n) is 6.22. The fraction of sp³-hybridized carbons (Fsp3) is 0.771. The number of aliphatic hydroxyl groups excluding tert-OH is 1. The zero-order valence-corrected chi connectivity index (χ0v) is 38.4. The summed E-state index contributed by atoms with van der Waals surface area (Å²) in [6, 6.07) is -0.918. The Bertz CT molecular complexity index is 1110. The highest BCUT2D eigenvalue weighted by Crippen LogP contribution is 2.38. The molecule has 2 N–H and O–H groups in total. The number of carbonyl (C=O) groups excluding carboxylic acids is 1. The minimum atomic E-state index is -4.60. The summed E-state index contributed by atoms with van der Waals surface area (Å²) in [4.78, 5) is 25.3. The molecule has 57 heavy (non-hydrogen) atoms.